The van der Waals surface area contributed by atoms with Gasteiger partial charge in [0, 0.05) is 0 Å². The molecule has 0 amide bonds. The monoisotopic (exact) mass is 242 g/mol. The molecule has 1 N–H and O–H groups in total. The summed E-state index contributed by atoms with van der Waals surface area (Å²) in [5.74, 6) is 1.91. The summed E-state index contributed by atoms with van der Waals surface area (Å²) < 4.78 is 5.81. The molecule has 0 spiro atoms. The van der Waals surface area contributed by atoms with Gasteiger partial charge in [-0.3, -0.25) is 0 Å². The predicted octanol–water partition coefficient (Wildman–Crippen LogP) is 4.70. The van der Waals surface area contributed by atoms with Crippen LogP contribution in [0.3, 0.4) is 0 Å². The second-order valence-corrected chi connectivity index (χ2v) is 4.42. The Morgan fingerprint density at radius 3 is 2.28 bits per heavy atom. The molecule has 0 aliphatic rings. The normalized spacial score (nSPS) is 12.1. The van der Waals surface area contributed by atoms with Gasteiger partial charge >= 0.3 is 0 Å². The molecule has 2 aromatic carbocycles. The standard InChI is InChI=1S/C16H18O2/c1-3-12(2)13-8-4-6-10-15(13)18-16-11-7-5-9-14(16)17/h4-12,17H,3H2,1-2H3. The Bertz CT molecular complexity index is 520. The fraction of sp³-hybridized carbons (Fsp3) is 0.250. The van der Waals surface area contributed by atoms with Crippen molar-refractivity contribution in [1.29, 1.82) is 0 Å². The minimum absolute atomic E-state index is 0.163. The molecule has 1 atom stereocenters. The SMILES string of the molecule is CCC(C)c1ccccc1Oc1ccccc1O. The first kappa shape index (κ1) is 12.5. The number of benzene rings is 2. The van der Waals surface area contributed by atoms with Crippen LogP contribution in [0.5, 0.6) is 17.2 Å². The second-order valence-electron chi connectivity index (χ2n) is 4.42. The summed E-state index contributed by atoms with van der Waals surface area (Å²) in [7, 11) is 0. The Balaban J connectivity index is 2.32. The van der Waals surface area contributed by atoms with Crippen molar-refractivity contribution in [3.63, 3.8) is 0 Å². The molecule has 0 heterocycles. The van der Waals surface area contributed by atoms with Crippen molar-refractivity contribution in [1.82, 2.24) is 0 Å². The van der Waals surface area contributed by atoms with E-state index in [0.29, 0.717) is 11.7 Å². The van der Waals surface area contributed by atoms with Gasteiger partial charge in [-0.25, -0.2) is 0 Å². The van der Waals surface area contributed by atoms with E-state index in [4.69, 9.17) is 4.74 Å². The van der Waals surface area contributed by atoms with E-state index >= 15 is 0 Å². The highest BCUT2D eigenvalue weighted by molar-refractivity contribution is 5.44. The van der Waals surface area contributed by atoms with Gasteiger partial charge in [0.1, 0.15) is 5.75 Å². The Labute approximate surface area is 108 Å². The zero-order valence-corrected chi connectivity index (χ0v) is 10.8. The minimum atomic E-state index is 0.163. The van der Waals surface area contributed by atoms with Crippen LogP contribution in [0.25, 0.3) is 0 Å². The van der Waals surface area contributed by atoms with Crippen LogP contribution < -0.4 is 4.74 Å². The molecule has 0 saturated carbocycles. The topological polar surface area (TPSA) is 29.5 Å². The number of rotatable bonds is 4. The maximum atomic E-state index is 9.73. The highest BCUT2D eigenvalue weighted by Crippen LogP contribution is 2.35. The molecule has 18 heavy (non-hydrogen) atoms. The third-order valence-electron chi connectivity index (χ3n) is 3.15. The smallest absolute Gasteiger partial charge is 0.169 e. The molecule has 0 fully saturated rings. The molecule has 2 nitrogen and oxygen atoms in total. The second kappa shape index (κ2) is 5.58. The highest BCUT2D eigenvalue weighted by atomic mass is 16.5. The predicted molar refractivity (Wildman–Crippen MR) is 73.3 cm³/mol. The van der Waals surface area contributed by atoms with E-state index in [9.17, 15) is 5.11 Å². The van der Waals surface area contributed by atoms with E-state index in [2.05, 4.69) is 19.9 Å². The van der Waals surface area contributed by atoms with Gasteiger partial charge in [-0.05, 0) is 36.1 Å². The average molecular weight is 242 g/mol. The number of hydrogen-bond donors (Lipinski definition) is 1. The van der Waals surface area contributed by atoms with Crippen molar-refractivity contribution in [2.75, 3.05) is 0 Å². The van der Waals surface area contributed by atoms with Gasteiger partial charge in [0.05, 0.1) is 0 Å². The lowest BCUT2D eigenvalue weighted by Gasteiger charge is -2.15. The molecule has 0 aromatic heterocycles. The molecule has 0 bridgehead atoms. The average Bonchev–Trinajstić information content (AvgIpc) is 2.41. The lowest BCUT2D eigenvalue weighted by Crippen LogP contribution is -1.96. The lowest BCUT2D eigenvalue weighted by molar-refractivity contribution is 0.407. The molecular weight excluding hydrogens is 224 g/mol. The van der Waals surface area contributed by atoms with Crippen LogP contribution in [0.15, 0.2) is 48.5 Å². The van der Waals surface area contributed by atoms with Gasteiger partial charge in [0.2, 0.25) is 0 Å². The van der Waals surface area contributed by atoms with Gasteiger partial charge < -0.3 is 9.84 Å². The summed E-state index contributed by atoms with van der Waals surface area (Å²) in [6.07, 6.45) is 1.06. The maximum Gasteiger partial charge on any atom is 0.169 e. The van der Waals surface area contributed by atoms with Gasteiger partial charge in [-0.2, -0.15) is 0 Å². The van der Waals surface area contributed by atoms with Crippen molar-refractivity contribution in [3.8, 4) is 17.2 Å². The lowest BCUT2D eigenvalue weighted by atomic mass is 9.98. The molecule has 2 rings (SSSR count). The zero-order chi connectivity index (χ0) is 13.0. The van der Waals surface area contributed by atoms with Crippen LogP contribution in [0.4, 0.5) is 0 Å². The molecule has 0 radical (unpaired) electrons. The summed E-state index contributed by atoms with van der Waals surface area (Å²) in [6.45, 7) is 4.33. The van der Waals surface area contributed by atoms with Gasteiger partial charge in [0.15, 0.2) is 11.5 Å². The largest absolute Gasteiger partial charge is 0.504 e. The van der Waals surface area contributed by atoms with E-state index in [1.165, 1.54) is 5.56 Å². The molecule has 2 heteroatoms. The van der Waals surface area contributed by atoms with Crippen molar-refractivity contribution >= 4 is 0 Å². The van der Waals surface area contributed by atoms with E-state index in [1.807, 2.05) is 24.3 Å². The Hall–Kier alpha value is -1.96. The van der Waals surface area contributed by atoms with Crippen LogP contribution in [0, 0.1) is 0 Å². The maximum absolute atomic E-state index is 9.73. The van der Waals surface area contributed by atoms with Crippen LogP contribution in [-0.2, 0) is 0 Å². The fourth-order valence-corrected chi connectivity index (χ4v) is 1.86. The molecular formula is C16H18O2. The van der Waals surface area contributed by atoms with Gasteiger partial charge in [0.25, 0.3) is 0 Å². The molecule has 94 valence electrons. The van der Waals surface area contributed by atoms with Crippen LogP contribution in [-0.4, -0.2) is 5.11 Å². The molecule has 0 saturated heterocycles. The van der Waals surface area contributed by atoms with E-state index in [-0.39, 0.29) is 5.75 Å². The minimum Gasteiger partial charge on any atom is -0.504 e. The number of aromatic hydroxyl groups is 1. The van der Waals surface area contributed by atoms with E-state index < -0.39 is 0 Å². The third-order valence-corrected chi connectivity index (χ3v) is 3.15. The molecule has 0 aliphatic heterocycles. The summed E-state index contributed by atoms with van der Waals surface area (Å²) in [4.78, 5) is 0. The summed E-state index contributed by atoms with van der Waals surface area (Å²) in [5, 5.41) is 9.73. The van der Waals surface area contributed by atoms with Gasteiger partial charge in [-0.1, -0.05) is 44.2 Å². The van der Waals surface area contributed by atoms with Gasteiger partial charge in [-0.15, -0.1) is 0 Å². The first-order chi connectivity index (χ1) is 8.72. The number of phenolic OH excluding ortho intramolecular Hbond substituents is 1. The van der Waals surface area contributed by atoms with E-state index in [0.717, 1.165) is 12.2 Å². The Kier molecular flexibility index (Phi) is 3.88. The van der Waals surface area contributed by atoms with Crippen LogP contribution >= 0.6 is 0 Å². The third kappa shape index (κ3) is 2.65. The summed E-state index contributed by atoms with van der Waals surface area (Å²) >= 11 is 0. The van der Waals surface area contributed by atoms with Crippen LogP contribution in [0.2, 0.25) is 0 Å². The van der Waals surface area contributed by atoms with Crippen molar-refractivity contribution in [2.24, 2.45) is 0 Å². The van der Waals surface area contributed by atoms with E-state index in [1.54, 1.807) is 18.2 Å². The number of hydrogen-bond acceptors (Lipinski definition) is 2. The molecule has 2 aromatic rings. The Morgan fingerprint density at radius 1 is 1.00 bits per heavy atom. The fourth-order valence-electron chi connectivity index (χ4n) is 1.86. The van der Waals surface area contributed by atoms with Crippen LogP contribution in [0.1, 0.15) is 31.7 Å². The van der Waals surface area contributed by atoms with Crippen molar-refractivity contribution in [2.45, 2.75) is 26.2 Å². The number of ether oxygens (including phenoxy) is 1. The molecule has 0 aliphatic carbocycles. The Morgan fingerprint density at radius 2 is 1.61 bits per heavy atom. The number of para-hydroxylation sites is 3. The zero-order valence-electron chi connectivity index (χ0n) is 10.8. The quantitative estimate of drug-likeness (QED) is 0.842. The highest BCUT2D eigenvalue weighted by Gasteiger charge is 2.11. The van der Waals surface area contributed by atoms with Crippen molar-refractivity contribution < 1.29 is 9.84 Å². The summed E-state index contributed by atoms with van der Waals surface area (Å²) in [6, 6.07) is 15.0. The number of phenols is 1. The first-order valence-electron chi connectivity index (χ1n) is 6.27. The van der Waals surface area contributed by atoms with Crippen molar-refractivity contribution in [3.05, 3.63) is 54.1 Å². The molecule has 1 unspecified atom stereocenters. The first-order valence-corrected chi connectivity index (χ1v) is 6.27. The summed E-state index contributed by atoms with van der Waals surface area (Å²) in [5.41, 5.74) is 1.17.